The number of fused-ring (bicyclic) bond motifs is 3. The van der Waals surface area contributed by atoms with Crippen molar-refractivity contribution in [2.45, 2.75) is 32.0 Å². The Kier molecular flexibility index (Phi) is 5.77. The Hall–Kier alpha value is -3.47. The number of methoxy groups -OCH3 is 1. The number of halogens is 2. The third-order valence-electron chi connectivity index (χ3n) is 8.12. The van der Waals surface area contributed by atoms with Crippen molar-refractivity contribution in [3.05, 3.63) is 63.1 Å². The van der Waals surface area contributed by atoms with Crippen molar-refractivity contribution < 1.29 is 28.2 Å². The van der Waals surface area contributed by atoms with Gasteiger partial charge in [0, 0.05) is 51.0 Å². The zero-order valence-corrected chi connectivity index (χ0v) is 20.3. The number of hydrogen-bond acceptors (Lipinski definition) is 6. The minimum absolute atomic E-state index is 0.0341. The van der Waals surface area contributed by atoms with Crippen LogP contribution >= 0.6 is 0 Å². The zero-order chi connectivity index (χ0) is 25.9. The molecule has 2 aliphatic carbocycles. The quantitative estimate of drug-likeness (QED) is 0.625. The molecule has 5 rings (SSSR count). The molecule has 36 heavy (non-hydrogen) atoms. The van der Waals surface area contributed by atoms with Crippen LogP contribution in [0, 0.1) is 29.4 Å². The number of benzene rings is 1. The average molecular weight is 503 g/mol. The molecule has 4 atom stereocenters. The van der Waals surface area contributed by atoms with E-state index in [9.17, 15) is 28.3 Å². The number of ether oxygens (including phenoxy) is 1. The minimum atomic E-state index is -1.01. The number of pyridine rings is 1. The second-order valence-corrected chi connectivity index (χ2v) is 9.77. The SMILES string of the molecule is COCCN1C(=O)c2c(O)c(=O)c(C(=O)NCc3ccc(F)cc3F)cn2N(C)C12CCC1C(C)C12. The molecule has 2 N–H and O–H groups in total. The predicted octanol–water partition coefficient (Wildman–Crippen LogP) is 1.80. The lowest BCUT2D eigenvalue weighted by Gasteiger charge is -2.54. The lowest BCUT2D eigenvalue weighted by molar-refractivity contribution is 0.00876. The zero-order valence-electron chi connectivity index (χ0n) is 20.3. The summed E-state index contributed by atoms with van der Waals surface area (Å²) in [5, 5.41) is 15.1. The average Bonchev–Trinajstić information content (AvgIpc) is 3.31. The van der Waals surface area contributed by atoms with Crippen LogP contribution in [-0.2, 0) is 11.3 Å². The summed E-state index contributed by atoms with van der Waals surface area (Å²) in [6.07, 6.45) is 2.89. The summed E-state index contributed by atoms with van der Waals surface area (Å²) in [5.41, 5.74) is -2.27. The molecule has 2 heterocycles. The molecule has 9 nitrogen and oxygen atoms in total. The summed E-state index contributed by atoms with van der Waals surface area (Å²) in [5.74, 6) is -2.69. The Balaban J connectivity index is 1.52. The van der Waals surface area contributed by atoms with Crippen molar-refractivity contribution in [1.29, 1.82) is 0 Å². The first kappa shape index (κ1) is 24.2. The number of amides is 2. The molecule has 1 aliphatic heterocycles. The highest BCUT2D eigenvalue weighted by Gasteiger charge is 2.69. The number of nitrogens with one attached hydrogen (secondary N) is 1. The van der Waals surface area contributed by atoms with Crippen molar-refractivity contribution in [2.24, 2.45) is 17.8 Å². The van der Waals surface area contributed by atoms with Gasteiger partial charge in [0.05, 0.1) is 6.61 Å². The second kappa shape index (κ2) is 8.58. The molecular formula is C25H28F2N4O5. The van der Waals surface area contributed by atoms with E-state index < -0.39 is 45.9 Å². The first-order valence-electron chi connectivity index (χ1n) is 11.9. The highest BCUT2D eigenvalue weighted by molar-refractivity contribution is 6.00. The fourth-order valence-electron chi connectivity index (χ4n) is 6.26. The third kappa shape index (κ3) is 3.40. The van der Waals surface area contributed by atoms with Crippen LogP contribution in [-0.4, -0.2) is 59.5 Å². The van der Waals surface area contributed by atoms with Crippen LogP contribution < -0.4 is 15.8 Å². The Labute approximate surface area is 206 Å². The van der Waals surface area contributed by atoms with Crippen molar-refractivity contribution in [3.8, 4) is 5.75 Å². The van der Waals surface area contributed by atoms with E-state index >= 15 is 0 Å². The monoisotopic (exact) mass is 502 g/mol. The Morgan fingerprint density at radius 2 is 2.06 bits per heavy atom. The maximum absolute atomic E-state index is 14.0. The summed E-state index contributed by atoms with van der Waals surface area (Å²) in [6.45, 7) is 2.43. The summed E-state index contributed by atoms with van der Waals surface area (Å²) in [6, 6.07) is 2.96. The molecule has 0 bridgehead atoms. The number of carbonyl (C=O) groups excluding carboxylic acids is 2. The van der Waals surface area contributed by atoms with Crippen LogP contribution in [0.25, 0.3) is 0 Å². The Bertz CT molecular complexity index is 1310. The number of rotatable bonds is 6. The molecule has 2 fully saturated rings. The molecule has 192 valence electrons. The van der Waals surface area contributed by atoms with Gasteiger partial charge in [-0.3, -0.25) is 24.1 Å². The van der Waals surface area contributed by atoms with Crippen molar-refractivity contribution >= 4 is 11.8 Å². The first-order valence-corrected chi connectivity index (χ1v) is 11.9. The summed E-state index contributed by atoms with van der Waals surface area (Å²) >= 11 is 0. The number of aromatic hydroxyl groups is 1. The molecule has 2 aromatic rings. The third-order valence-corrected chi connectivity index (χ3v) is 8.12. The van der Waals surface area contributed by atoms with E-state index in [1.807, 2.05) is 5.01 Å². The van der Waals surface area contributed by atoms with E-state index in [0.717, 1.165) is 12.5 Å². The van der Waals surface area contributed by atoms with Gasteiger partial charge < -0.3 is 20.1 Å². The van der Waals surface area contributed by atoms with Gasteiger partial charge in [-0.25, -0.2) is 8.78 Å². The van der Waals surface area contributed by atoms with E-state index in [1.165, 1.54) is 16.9 Å². The van der Waals surface area contributed by atoms with Crippen LogP contribution in [0.2, 0.25) is 0 Å². The smallest absolute Gasteiger partial charge is 0.278 e. The lowest BCUT2D eigenvalue weighted by atomic mass is 9.95. The molecule has 1 aromatic carbocycles. The van der Waals surface area contributed by atoms with Gasteiger partial charge in [-0.1, -0.05) is 13.0 Å². The van der Waals surface area contributed by atoms with Crippen molar-refractivity contribution in [2.75, 3.05) is 32.3 Å². The van der Waals surface area contributed by atoms with Gasteiger partial charge >= 0.3 is 0 Å². The molecule has 1 aromatic heterocycles. The molecule has 2 saturated carbocycles. The maximum Gasteiger partial charge on any atom is 0.278 e. The second-order valence-electron chi connectivity index (χ2n) is 9.77. The van der Waals surface area contributed by atoms with Gasteiger partial charge in [0.25, 0.3) is 11.8 Å². The summed E-state index contributed by atoms with van der Waals surface area (Å²) in [7, 11) is 3.32. The van der Waals surface area contributed by atoms with Crippen molar-refractivity contribution in [3.63, 3.8) is 0 Å². The fraction of sp³-hybridized carbons (Fsp3) is 0.480. The van der Waals surface area contributed by atoms with Crippen LogP contribution in [0.5, 0.6) is 5.75 Å². The number of carbonyl (C=O) groups is 2. The van der Waals surface area contributed by atoms with E-state index in [4.69, 9.17) is 4.74 Å². The molecule has 4 unspecified atom stereocenters. The largest absolute Gasteiger partial charge is 0.502 e. The first-order chi connectivity index (χ1) is 17.1. The highest BCUT2D eigenvalue weighted by atomic mass is 19.1. The number of aromatic nitrogens is 1. The van der Waals surface area contributed by atoms with Crippen molar-refractivity contribution in [1.82, 2.24) is 14.9 Å². The number of hydrogen-bond donors (Lipinski definition) is 2. The fourth-order valence-corrected chi connectivity index (χ4v) is 6.26. The normalized spacial score (nSPS) is 26.2. The Morgan fingerprint density at radius 1 is 1.31 bits per heavy atom. The molecule has 0 saturated heterocycles. The van der Waals surface area contributed by atoms with Gasteiger partial charge in [0.2, 0.25) is 5.43 Å². The lowest BCUT2D eigenvalue weighted by Crippen LogP contribution is -2.70. The van der Waals surface area contributed by atoms with Crippen LogP contribution in [0.4, 0.5) is 8.78 Å². The molecule has 3 aliphatic rings. The van der Waals surface area contributed by atoms with Gasteiger partial charge in [0.1, 0.15) is 22.9 Å². The summed E-state index contributed by atoms with van der Waals surface area (Å²) < 4.78 is 33.8. The van der Waals surface area contributed by atoms with E-state index in [0.29, 0.717) is 30.9 Å². The van der Waals surface area contributed by atoms with E-state index in [-0.39, 0.29) is 30.3 Å². The standard InChI is InChI=1S/C25H28F2N4O5/c1-13-16-6-7-25(19(13)16)29(2)31-12-17(23(34)28-11-14-4-5-15(26)10-18(14)27)21(32)22(33)20(31)24(35)30(25)8-9-36-3/h4-5,10,12-13,16,19,33H,6-9,11H2,1-3H3,(H,28,34). The van der Waals surface area contributed by atoms with Gasteiger partial charge in [-0.05, 0) is 30.7 Å². The topological polar surface area (TPSA) is 104 Å². The molecule has 2 amide bonds. The van der Waals surface area contributed by atoms with Gasteiger partial charge in [0.15, 0.2) is 11.4 Å². The summed E-state index contributed by atoms with van der Waals surface area (Å²) in [4.78, 5) is 41.2. The van der Waals surface area contributed by atoms with Gasteiger partial charge in [-0.2, -0.15) is 0 Å². The number of nitrogens with zero attached hydrogens (tertiary/aromatic N) is 3. The van der Waals surface area contributed by atoms with Crippen LogP contribution in [0.3, 0.4) is 0 Å². The van der Waals surface area contributed by atoms with Crippen LogP contribution in [0.1, 0.15) is 46.2 Å². The maximum atomic E-state index is 14.0. The Morgan fingerprint density at radius 3 is 2.69 bits per heavy atom. The van der Waals surface area contributed by atoms with E-state index in [2.05, 4.69) is 12.2 Å². The molecule has 1 spiro atoms. The molecule has 11 heteroatoms. The molecular weight excluding hydrogens is 474 g/mol. The highest BCUT2D eigenvalue weighted by Crippen LogP contribution is 2.65. The minimum Gasteiger partial charge on any atom is -0.502 e. The van der Waals surface area contributed by atoms with E-state index in [1.54, 1.807) is 19.1 Å². The van der Waals surface area contributed by atoms with Crippen LogP contribution in [0.15, 0.2) is 29.2 Å². The predicted molar refractivity (Wildman–Crippen MR) is 125 cm³/mol. The molecule has 0 radical (unpaired) electrons. The van der Waals surface area contributed by atoms with Gasteiger partial charge in [-0.15, -0.1) is 0 Å².